The summed E-state index contributed by atoms with van der Waals surface area (Å²) in [6.45, 7) is 7.24. The fourth-order valence-electron chi connectivity index (χ4n) is 3.28. The molecule has 144 valence electrons. The largest absolute Gasteiger partial charge is 0.353 e. The summed E-state index contributed by atoms with van der Waals surface area (Å²) in [5, 5.41) is 4.63. The Morgan fingerprint density at radius 2 is 2.15 bits per heavy atom. The molecule has 3 amide bonds. The van der Waals surface area contributed by atoms with Crippen molar-refractivity contribution in [3.8, 4) is 0 Å². The summed E-state index contributed by atoms with van der Waals surface area (Å²) in [5.74, 6) is -0.116. The van der Waals surface area contributed by atoms with Crippen molar-refractivity contribution in [3.05, 3.63) is 22.4 Å². The molecule has 1 fully saturated rings. The van der Waals surface area contributed by atoms with Crippen LogP contribution in [-0.2, 0) is 9.59 Å². The number of carbonyl (C=O) groups is 3. The molecule has 0 radical (unpaired) electrons. The lowest BCUT2D eigenvalue weighted by molar-refractivity contribution is -0.136. The third-order valence-corrected chi connectivity index (χ3v) is 5.28. The van der Waals surface area contributed by atoms with Crippen molar-refractivity contribution in [2.24, 2.45) is 11.7 Å². The van der Waals surface area contributed by atoms with Gasteiger partial charge in [0.25, 0.3) is 5.91 Å². The van der Waals surface area contributed by atoms with E-state index in [1.807, 2.05) is 22.4 Å². The summed E-state index contributed by atoms with van der Waals surface area (Å²) in [5.41, 5.74) is 5.45. The van der Waals surface area contributed by atoms with E-state index in [1.54, 1.807) is 4.90 Å². The van der Waals surface area contributed by atoms with Crippen molar-refractivity contribution < 1.29 is 14.4 Å². The van der Waals surface area contributed by atoms with Crippen LogP contribution in [0.2, 0.25) is 0 Å². The topological polar surface area (TPSA) is 95.7 Å². The van der Waals surface area contributed by atoms with Gasteiger partial charge in [0.2, 0.25) is 11.8 Å². The number of nitrogens with zero attached hydrogens (tertiary/aromatic N) is 2. The predicted molar refractivity (Wildman–Crippen MR) is 102 cm³/mol. The highest BCUT2D eigenvalue weighted by molar-refractivity contribution is 7.12. The Bertz CT molecular complexity index is 632. The molecule has 0 spiro atoms. The van der Waals surface area contributed by atoms with E-state index in [4.69, 9.17) is 5.73 Å². The normalized spacial score (nSPS) is 19.7. The lowest BCUT2D eigenvalue weighted by Gasteiger charge is -2.30. The van der Waals surface area contributed by atoms with E-state index in [9.17, 15) is 14.4 Å². The zero-order valence-corrected chi connectivity index (χ0v) is 16.4. The molecule has 1 aromatic rings. The van der Waals surface area contributed by atoms with Gasteiger partial charge in [0, 0.05) is 33.1 Å². The number of nitrogens with one attached hydrogen (secondary N) is 1. The lowest BCUT2D eigenvalue weighted by Crippen LogP contribution is -2.46. The molecular formula is C18H28N4O3S. The van der Waals surface area contributed by atoms with Crippen LogP contribution >= 0.6 is 11.3 Å². The van der Waals surface area contributed by atoms with Gasteiger partial charge in [0.1, 0.15) is 6.04 Å². The van der Waals surface area contributed by atoms with E-state index < -0.39 is 6.04 Å². The molecule has 26 heavy (non-hydrogen) atoms. The number of thiophene rings is 1. The Morgan fingerprint density at radius 3 is 2.69 bits per heavy atom. The molecular weight excluding hydrogens is 352 g/mol. The van der Waals surface area contributed by atoms with E-state index >= 15 is 0 Å². The van der Waals surface area contributed by atoms with Gasteiger partial charge in [-0.1, -0.05) is 19.9 Å². The first kappa shape index (κ1) is 20.4. The molecule has 2 heterocycles. The number of hydrogen-bond acceptors (Lipinski definition) is 5. The Labute approximate surface area is 158 Å². The van der Waals surface area contributed by atoms with Gasteiger partial charge in [-0.3, -0.25) is 14.4 Å². The Balaban J connectivity index is 2.21. The number of carbonyl (C=O) groups excluding carboxylic acids is 3. The van der Waals surface area contributed by atoms with Crippen LogP contribution in [0.5, 0.6) is 0 Å². The molecule has 8 heteroatoms. The predicted octanol–water partition coefficient (Wildman–Crippen LogP) is 0.911. The average molecular weight is 381 g/mol. The van der Waals surface area contributed by atoms with Crippen molar-refractivity contribution in [2.45, 2.75) is 39.3 Å². The summed E-state index contributed by atoms with van der Waals surface area (Å²) in [6.07, 6.45) is 0.444. The number of amides is 3. The average Bonchev–Trinajstić information content (AvgIpc) is 3.26. The Morgan fingerprint density at radius 1 is 1.42 bits per heavy atom. The van der Waals surface area contributed by atoms with Gasteiger partial charge in [-0.2, -0.15) is 0 Å². The first-order valence-electron chi connectivity index (χ1n) is 8.94. The summed E-state index contributed by atoms with van der Waals surface area (Å²) in [4.78, 5) is 41.5. The maximum atomic E-state index is 13.0. The van der Waals surface area contributed by atoms with Gasteiger partial charge < -0.3 is 20.9 Å². The van der Waals surface area contributed by atoms with Gasteiger partial charge in [0.15, 0.2) is 0 Å². The minimum Gasteiger partial charge on any atom is -0.353 e. The molecule has 2 rings (SSSR count). The van der Waals surface area contributed by atoms with Crippen molar-refractivity contribution in [2.75, 3.05) is 26.2 Å². The monoisotopic (exact) mass is 380 g/mol. The SMILES string of the molecule is CC(=O)N1CC(N(CC(C)C)C(=O)c2cccs2)CC1C(=O)NCCN. The van der Waals surface area contributed by atoms with E-state index in [-0.39, 0.29) is 29.7 Å². The highest BCUT2D eigenvalue weighted by Crippen LogP contribution is 2.26. The fraction of sp³-hybridized carbons (Fsp3) is 0.611. The molecule has 2 atom stereocenters. The minimum absolute atomic E-state index is 0.0368. The fourth-order valence-corrected chi connectivity index (χ4v) is 3.96. The molecule has 3 N–H and O–H groups in total. The van der Waals surface area contributed by atoms with Crippen LogP contribution in [0.3, 0.4) is 0 Å². The quantitative estimate of drug-likeness (QED) is 0.735. The van der Waals surface area contributed by atoms with Crippen molar-refractivity contribution in [1.82, 2.24) is 15.1 Å². The highest BCUT2D eigenvalue weighted by atomic mass is 32.1. The standard InChI is InChI=1S/C18H28N4O3S/c1-12(2)10-22(18(25)16-5-4-8-26-16)14-9-15(17(24)20-7-6-19)21(11-14)13(3)23/h4-5,8,12,14-15H,6-7,9-11,19H2,1-3H3,(H,20,24). The smallest absolute Gasteiger partial charge is 0.264 e. The van der Waals surface area contributed by atoms with E-state index in [2.05, 4.69) is 19.2 Å². The van der Waals surface area contributed by atoms with Crippen molar-refractivity contribution >= 4 is 29.1 Å². The van der Waals surface area contributed by atoms with E-state index in [1.165, 1.54) is 18.3 Å². The number of likely N-dealkylation sites (tertiary alicyclic amines) is 1. The van der Waals surface area contributed by atoms with Crippen LogP contribution in [0.4, 0.5) is 0 Å². The summed E-state index contributed by atoms with van der Waals surface area (Å²) < 4.78 is 0. The molecule has 0 aromatic carbocycles. The summed E-state index contributed by atoms with van der Waals surface area (Å²) >= 11 is 1.41. The maximum absolute atomic E-state index is 13.0. The van der Waals surface area contributed by atoms with Gasteiger partial charge in [-0.15, -0.1) is 11.3 Å². The number of rotatable bonds is 7. The second-order valence-electron chi connectivity index (χ2n) is 6.99. The van der Waals surface area contributed by atoms with Gasteiger partial charge in [-0.05, 0) is 23.8 Å². The van der Waals surface area contributed by atoms with Crippen LogP contribution in [0.1, 0.15) is 36.9 Å². The Hall–Kier alpha value is -1.93. The van der Waals surface area contributed by atoms with Crippen LogP contribution in [-0.4, -0.2) is 65.8 Å². The molecule has 0 aliphatic carbocycles. The van der Waals surface area contributed by atoms with Crippen LogP contribution in [0, 0.1) is 5.92 Å². The number of nitrogens with two attached hydrogens (primary N) is 1. The number of hydrogen-bond donors (Lipinski definition) is 2. The first-order chi connectivity index (χ1) is 12.3. The summed E-state index contributed by atoms with van der Waals surface area (Å²) in [6, 6.07) is 2.92. The van der Waals surface area contributed by atoms with Gasteiger partial charge >= 0.3 is 0 Å². The maximum Gasteiger partial charge on any atom is 0.264 e. The third-order valence-electron chi connectivity index (χ3n) is 4.43. The summed E-state index contributed by atoms with van der Waals surface area (Å²) in [7, 11) is 0. The van der Waals surface area contributed by atoms with E-state index in [0.29, 0.717) is 37.5 Å². The molecule has 2 unspecified atom stereocenters. The first-order valence-corrected chi connectivity index (χ1v) is 9.82. The highest BCUT2D eigenvalue weighted by Gasteiger charge is 2.42. The lowest BCUT2D eigenvalue weighted by atomic mass is 10.1. The molecule has 1 aliphatic heterocycles. The molecule has 0 saturated carbocycles. The molecule has 1 aliphatic rings. The zero-order valence-electron chi connectivity index (χ0n) is 15.6. The van der Waals surface area contributed by atoms with E-state index in [0.717, 1.165) is 0 Å². The van der Waals surface area contributed by atoms with Crippen LogP contribution in [0.15, 0.2) is 17.5 Å². The molecule has 0 bridgehead atoms. The van der Waals surface area contributed by atoms with Crippen LogP contribution in [0.25, 0.3) is 0 Å². The second-order valence-corrected chi connectivity index (χ2v) is 7.93. The second kappa shape index (κ2) is 9.14. The molecule has 1 aromatic heterocycles. The Kier molecular flexibility index (Phi) is 7.16. The van der Waals surface area contributed by atoms with Gasteiger partial charge in [-0.25, -0.2) is 0 Å². The molecule has 1 saturated heterocycles. The van der Waals surface area contributed by atoms with Crippen LogP contribution < -0.4 is 11.1 Å². The van der Waals surface area contributed by atoms with Crippen molar-refractivity contribution in [3.63, 3.8) is 0 Å². The minimum atomic E-state index is -0.560. The van der Waals surface area contributed by atoms with Gasteiger partial charge in [0.05, 0.1) is 10.9 Å². The zero-order chi connectivity index (χ0) is 19.3. The third kappa shape index (κ3) is 4.82. The molecule has 7 nitrogen and oxygen atoms in total. The van der Waals surface area contributed by atoms with Crippen molar-refractivity contribution in [1.29, 1.82) is 0 Å².